The van der Waals surface area contributed by atoms with Crippen LogP contribution in [-0.4, -0.2) is 36.1 Å². The molecule has 2 aromatic rings. The summed E-state index contributed by atoms with van der Waals surface area (Å²) in [6, 6.07) is 17.0. The predicted molar refractivity (Wildman–Crippen MR) is 85.1 cm³/mol. The standard InChI is InChI=1S/C18H21N3/c1-2-6-15(7-3-1)10-20-11-16-13-21(14-17(16)12-20)18-8-4-5-9-19-18/h1-9,16-17H,10-14H2/t16-,17-/m0/s1. The second-order valence-electron chi connectivity index (χ2n) is 6.29. The Bertz CT molecular complexity index is 570. The van der Waals surface area contributed by atoms with Gasteiger partial charge in [-0.05, 0) is 29.5 Å². The minimum absolute atomic E-state index is 0.802. The van der Waals surface area contributed by atoms with Crippen molar-refractivity contribution in [1.82, 2.24) is 9.88 Å². The van der Waals surface area contributed by atoms with Crippen LogP contribution in [0.25, 0.3) is 0 Å². The number of nitrogens with zero attached hydrogens (tertiary/aromatic N) is 3. The van der Waals surface area contributed by atoms with Gasteiger partial charge in [-0.3, -0.25) is 4.90 Å². The lowest BCUT2D eigenvalue weighted by atomic mass is 10.0. The Kier molecular flexibility index (Phi) is 3.36. The molecular weight excluding hydrogens is 258 g/mol. The molecule has 1 aromatic carbocycles. The van der Waals surface area contributed by atoms with Crippen LogP contribution in [0.4, 0.5) is 5.82 Å². The highest BCUT2D eigenvalue weighted by atomic mass is 15.3. The van der Waals surface area contributed by atoms with Gasteiger partial charge in [0.05, 0.1) is 0 Å². The third-order valence-electron chi connectivity index (χ3n) is 4.78. The van der Waals surface area contributed by atoms with E-state index in [0.29, 0.717) is 0 Å². The summed E-state index contributed by atoms with van der Waals surface area (Å²) in [7, 11) is 0. The summed E-state index contributed by atoms with van der Waals surface area (Å²) >= 11 is 0. The molecule has 0 radical (unpaired) electrons. The van der Waals surface area contributed by atoms with Crippen LogP contribution < -0.4 is 4.90 Å². The van der Waals surface area contributed by atoms with Crippen molar-refractivity contribution in [3.8, 4) is 0 Å². The molecule has 108 valence electrons. The van der Waals surface area contributed by atoms with Crippen LogP contribution in [0.15, 0.2) is 54.7 Å². The molecule has 0 N–H and O–H groups in total. The van der Waals surface area contributed by atoms with Crippen molar-refractivity contribution in [2.24, 2.45) is 11.8 Å². The summed E-state index contributed by atoms with van der Waals surface area (Å²) in [5.41, 5.74) is 1.43. The Morgan fingerprint density at radius 2 is 1.57 bits per heavy atom. The Balaban J connectivity index is 1.37. The molecule has 2 fully saturated rings. The van der Waals surface area contributed by atoms with Crippen molar-refractivity contribution in [1.29, 1.82) is 0 Å². The summed E-state index contributed by atoms with van der Waals surface area (Å²) < 4.78 is 0. The van der Waals surface area contributed by atoms with E-state index in [1.807, 2.05) is 12.3 Å². The van der Waals surface area contributed by atoms with Crippen LogP contribution in [-0.2, 0) is 6.54 Å². The minimum Gasteiger partial charge on any atom is -0.356 e. The highest BCUT2D eigenvalue weighted by Gasteiger charge is 2.40. The fraction of sp³-hybridized carbons (Fsp3) is 0.389. The van der Waals surface area contributed by atoms with Gasteiger partial charge in [-0.25, -0.2) is 4.98 Å². The van der Waals surface area contributed by atoms with E-state index < -0.39 is 0 Å². The first-order valence-corrected chi connectivity index (χ1v) is 7.81. The van der Waals surface area contributed by atoms with Crippen LogP contribution in [0.3, 0.4) is 0 Å². The van der Waals surface area contributed by atoms with Crippen molar-refractivity contribution >= 4 is 5.82 Å². The van der Waals surface area contributed by atoms with Crippen LogP contribution >= 0.6 is 0 Å². The summed E-state index contributed by atoms with van der Waals surface area (Å²) in [4.78, 5) is 9.55. The Morgan fingerprint density at radius 1 is 0.857 bits per heavy atom. The molecule has 2 saturated heterocycles. The maximum Gasteiger partial charge on any atom is 0.128 e. The Hall–Kier alpha value is -1.87. The van der Waals surface area contributed by atoms with Crippen LogP contribution in [0.1, 0.15) is 5.56 Å². The fourth-order valence-electron chi connectivity index (χ4n) is 3.79. The maximum atomic E-state index is 4.49. The highest BCUT2D eigenvalue weighted by molar-refractivity contribution is 5.39. The molecule has 0 bridgehead atoms. The van der Waals surface area contributed by atoms with Crippen molar-refractivity contribution in [2.45, 2.75) is 6.54 Å². The van der Waals surface area contributed by atoms with Crippen molar-refractivity contribution in [3.63, 3.8) is 0 Å². The number of anilines is 1. The largest absolute Gasteiger partial charge is 0.356 e. The summed E-state index contributed by atoms with van der Waals surface area (Å²) in [6.45, 7) is 5.86. The maximum absolute atomic E-state index is 4.49. The molecule has 2 aliphatic heterocycles. The van der Waals surface area contributed by atoms with Crippen molar-refractivity contribution < 1.29 is 0 Å². The number of hydrogen-bond acceptors (Lipinski definition) is 3. The molecule has 0 saturated carbocycles. The smallest absolute Gasteiger partial charge is 0.128 e. The SMILES string of the molecule is c1ccc(CN2C[C@H]3CN(c4ccccn4)C[C@@H]3C2)cc1. The number of likely N-dealkylation sites (tertiary alicyclic amines) is 1. The van der Waals surface area contributed by atoms with Gasteiger partial charge in [0, 0.05) is 38.9 Å². The first-order valence-electron chi connectivity index (χ1n) is 7.81. The van der Waals surface area contributed by atoms with E-state index in [0.717, 1.165) is 37.3 Å². The number of pyridine rings is 1. The van der Waals surface area contributed by atoms with E-state index in [1.165, 1.54) is 18.7 Å². The van der Waals surface area contributed by atoms with E-state index >= 15 is 0 Å². The number of aromatic nitrogens is 1. The molecule has 3 heteroatoms. The lowest BCUT2D eigenvalue weighted by Crippen LogP contribution is -2.28. The van der Waals surface area contributed by atoms with E-state index in [9.17, 15) is 0 Å². The first-order chi connectivity index (χ1) is 10.4. The minimum atomic E-state index is 0.802. The zero-order valence-electron chi connectivity index (χ0n) is 12.2. The van der Waals surface area contributed by atoms with Crippen molar-refractivity contribution in [3.05, 3.63) is 60.3 Å². The molecule has 0 spiro atoms. The molecule has 2 aliphatic rings. The molecule has 0 amide bonds. The molecular formula is C18H21N3. The van der Waals surface area contributed by atoms with Gasteiger partial charge in [0.2, 0.25) is 0 Å². The van der Waals surface area contributed by atoms with Crippen LogP contribution in [0.2, 0.25) is 0 Å². The quantitative estimate of drug-likeness (QED) is 0.861. The average molecular weight is 279 g/mol. The second kappa shape index (κ2) is 5.49. The highest BCUT2D eigenvalue weighted by Crippen LogP contribution is 2.33. The topological polar surface area (TPSA) is 19.4 Å². The molecule has 4 rings (SSSR count). The first kappa shape index (κ1) is 12.8. The monoisotopic (exact) mass is 279 g/mol. The molecule has 0 aliphatic carbocycles. The lowest BCUT2D eigenvalue weighted by Gasteiger charge is -2.22. The van der Waals surface area contributed by atoms with Gasteiger partial charge < -0.3 is 4.90 Å². The predicted octanol–water partition coefficient (Wildman–Crippen LogP) is 2.65. The number of fused-ring (bicyclic) bond motifs is 1. The van der Waals surface area contributed by atoms with Gasteiger partial charge in [-0.2, -0.15) is 0 Å². The Labute approximate surface area is 126 Å². The summed E-state index contributed by atoms with van der Waals surface area (Å²) in [5, 5.41) is 0. The van der Waals surface area contributed by atoms with Crippen molar-refractivity contribution in [2.75, 3.05) is 31.1 Å². The van der Waals surface area contributed by atoms with Gasteiger partial charge in [0.15, 0.2) is 0 Å². The lowest BCUT2D eigenvalue weighted by molar-refractivity contribution is 0.309. The normalized spacial score (nSPS) is 25.2. The van der Waals surface area contributed by atoms with Gasteiger partial charge in [-0.15, -0.1) is 0 Å². The van der Waals surface area contributed by atoms with E-state index in [-0.39, 0.29) is 0 Å². The molecule has 2 atom stereocenters. The second-order valence-corrected chi connectivity index (χ2v) is 6.29. The summed E-state index contributed by atoms with van der Waals surface area (Å²) in [6.07, 6.45) is 1.89. The van der Waals surface area contributed by atoms with Gasteiger partial charge >= 0.3 is 0 Å². The van der Waals surface area contributed by atoms with Gasteiger partial charge in [0.25, 0.3) is 0 Å². The number of benzene rings is 1. The summed E-state index contributed by atoms with van der Waals surface area (Å²) in [5.74, 6) is 2.74. The van der Waals surface area contributed by atoms with E-state index in [4.69, 9.17) is 0 Å². The fourth-order valence-corrected chi connectivity index (χ4v) is 3.79. The van der Waals surface area contributed by atoms with Gasteiger partial charge in [-0.1, -0.05) is 36.4 Å². The van der Waals surface area contributed by atoms with E-state index in [2.05, 4.69) is 57.2 Å². The number of hydrogen-bond donors (Lipinski definition) is 0. The molecule has 3 heterocycles. The van der Waals surface area contributed by atoms with Gasteiger partial charge in [0.1, 0.15) is 5.82 Å². The average Bonchev–Trinajstić information content (AvgIpc) is 3.07. The third kappa shape index (κ3) is 2.66. The molecule has 3 nitrogen and oxygen atoms in total. The molecule has 1 aromatic heterocycles. The van der Waals surface area contributed by atoms with E-state index in [1.54, 1.807) is 0 Å². The Morgan fingerprint density at radius 3 is 2.24 bits per heavy atom. The molecule has 0 unspecified atom stereocenters. The molecule has 21 heavy (non-hydrogen) atoms. The third-order valence-corrected chi connectivity index (χ3v) is 4.78. The number of rotatable bonds is 3. The zero-order chi connectivity index (χ0) is 14.1. The van der Waals surface area contributed by atoms with Crippen LogP contribution in [0.5, 0.6) is 0 Å². The zero-order valence-corrected chi connectivity index (χ0v) is 12.2. The van der Waals surface area contributed by atoms with Crippen LogP contribution in [0, 0.1) is 11.8 Å².